The van der Waals surface area contributed by atoms with Crippen molar-refractivity contribution in [3.63, 3.8) is 0 Å². The molecule has 1 heterocycles. The number of hydrogen-bond donors (Lipinski definition) is 2. The molecule has 7 heteroatoms. The van der Waals surface area contributed by atoms with Gasteiger partial charge < -0.3 is 4.90 Å². The number of benzene rings is 1. The zero-order valence-corrected chi connectivity index (χ0v) is 13.6. The maximum absolute atomic E-state index is 12.1. The Morgan fingerprint density at radius 3 is 2.45 bits per heavy atom. The lowest BCUT2D eigenvalue weighted by molar-refractivity contribution is 0.0929. The first-order chi connectivity index (χ1) is 10.6. The number of urea groups is 1. The summed E-state index contributed by atoms with van der Waals surface area (Å²) in [5.41, 5.74) is 5.30. The Balaban J connectivity index is 1.88. The minimum Gasteiger partial charge on any atom is -0.319 e. The molecule has 0 radical (unpaired) electrons. The first-order valence-electron chi connectivity index (χ1n) is 6.74. The van der Waals surface area contributed by atoms with Gasteiger partial charge >= 0.3 is 6.03 Å². The van der Waals surface area contributed by atoms with Crippen molar-refractivity contribution in [3.05, 3.63) is 57.2 Å². The predicted molar refractivity (Wildman–Crippen MR) is 87.9 cm³/mol. The highest BCUT2D eigenvalue weighted by Gasteiger charge is 2.14. The second kappa shape index (κ2) is 7.82. The number of thiophene rings is 1. The summed E-state index contributed by atoms with van der Waals surface area (Å²) in [6, 6.07) is 12.0. The Kier molecular flexibility index (Phi) is 5.80. The van der Waals surface area contributed by atoms with E-state index in [0.717, 1.165) is 4.88 Å². The van der Waals surface area contributed by atoms with Crippen LogP contribution in [0.25, 0.3) is 0 Å². The Bertz CT molecular complexity index is 645. The van der Waals surface area contributed by atoms with E-state index in [1.807, 2.05) is 19.1 Å². The van der Waals surface area contributed by atoms with Gasteiger partial charge in [0, 0.05) is 17.0 Å². The molecule has 5 nitrogen and oxygen atoms in total. The second-order valence-electron chi connectivity index (χ2n) is 4.47. The van der Waals surface area contributed by atoms with E-state index in [-0.39, 0.29) is 11.9 Å². The molecular formula is C15H16ClN3O2S. The van der Waals surface area contributed by atoms with E-state index >= 15 is 0 Å². The highest BCUT2D eigenvalue weighted by Crippen LogP contribution is 2.22. The van der Waals surface area contributed by atoms with Crippen molar-refractivity contribution in [1.82, 2.24) is 15.8 Å². The van der Waals surface area contributed by atoms with Crippen LogP contribution in [-0.4, -0.2) is 23.4 Å². The van der Waals surface area contributed by atoms with Gasteiger partial charge in [-0.15, -0.1) is 11.3 Å². The van der Waals surface area contributed by atoms with Crippen molar-refractivity contribution in [1.29, 1.82) is 0 Å². The molecule has 0 bridgehead atoms. The lowest BCUT2D eigenvalue weighted by atomic mass is 10.2. The number of hydrazine groups is 1. The van der Waals surface area contributed by atoms with Crippen LogP contribution in [0.3, 0.4) is 0 Å². The van der Waals surface area contributed by atoms with E-state index in [0.29, 0.717) is 23.0 Å². The summed E-state index contributed by atoms with van der Waals surface area (Å²) in [5, 5.41) is 0. The van der Waals surface area contributed by atoms with Crippen LogP contribution in [0.15, 0.2) is 42.5 Å². The van der Waals surface area contributed by atoms with E-state index in [2.05, 4.69) is 10.9 Å². The van der Waals surface area contributed by atoms with Crippen molar-refractivity contribution in [2.75, 3.05) is 6.54 Å². The van der Waals surface area contributed by atoms with Gasteiger partial charge in [0.1, 0.15) is 0 Å². The minimum atomic E-state index is -0.365. The molecule has 0 atom stereocenters. The molecule has 0 spiro atoms. The fourth-order valence-corrected chi connectivity index (χ4v) is 2.91. The van der Waals surface area contributed by atoms with E-state index in [4.69, 9.17) is 11.6 Å². The number of halogens is 1. The van der Waals surface area contributed by atoms with E-state index < -0.39 is 0 Å². The third-order valence-electron chi connectivity index (χ3n) is 2.96. The maximum Gasteiger partial charge on any atom is 0.336 e. The molecular weight excluding hydrogens is 322 g/mol. The molecule has 0 aliphatic carbocycles. The molecule has 0 aliphatic rings. The third kappa shape index (κ3) is 4.47. The van der Waals surface area contributed by atoms with Crippen molar-refractivity contribution in [2.45, 2.75) is 13.5 Å². The lowest BCUT2D eigenvalue weighted by Gasteiger charge is -2.20. The zero-order valence-electron chi connectivity index (χ0n) is 12.0. The van der Waals surface area contributed by atoms with Gasteiger partial charge in [-0.1, -0.05) is 29.8 Å². The molecule has 2 N–H and O–H groups in total. The number of nitrogens with one attached hydrogen (secondary N) is 2. The molecule has 2 rings (SSSR count). The fourth-order valence-electron chi connectivity index (χ4n) is 1.80. The summed E-state index contributed by atoms with van der Waals surface area (Å²) in [6.07, 6.45) is 0. The molecule has 0 fully saturated rings. The van der Waals surface area contributed by atoms with Crippen LogP contribution < -0.4 is 10.9 Å². The van der Waals surface area contributed by atoms with Crippen LogP contribution in [0, 0.1) is 0 Å². The SMILES string of the molecule is CCN(Cc1ccc(Cl)s1)C(=O)NNC(=O)c1ccccc1. The lowest BCUT2D eigenvalue weighted by Crippen LogP contribution is -2.48. The molecule has 0 saturated heterocycles. The summed E-state index contributed by atoms with van der Waals surface area (Å²) in [5.74, 6) is -0.357. The standard InChI is InChI=1S/C15H16ClN3O2S/c1-2-19(10-12-8-9-13(16)22-12)15(21)18-17-14(20)11-6-4-3-5-7-11/h3-9H,2,10H2,1H3,(H,17,20)(H,18,21). The van der Waals surface area contributed by atoms with Crippen LogP contribution in [0.2, 0.25) is 4.34 Å². The Labute approximate surface area is 137 Å². The summed E-state index contributed by atoms with van der Waals surface area (Å²) in [7, 11) is 0. The zero-order chi connectivity index (χ0) is 15.9. The first-order valence-corrected chi connectivity index (χ1v) is 7.94. The van der Waals surface area contributed by atoms with Crippen LogP contribution in [0.5, 0.6) is 0 Å². The average Bonchev–Trinajstić information content (AvgIpc) is 2.96. The maximum atomic E-state index is 12.1. The number of rotatable bonds is 4. The van der Waals surface area contributed by atoms with Crippen LogP contribution >= 0.6 is 22.9 Å². The number of carbonyl (C=O) groups excluding carboxylic acids is 2. The monoisotopic (exact) mass is 337 g/mol. The predicted octanol–water partition coefficient (Wildman–Crippen LogP) is 3.28. The number of amides is 3. The van der Waals surface area contributed by atoms with Crippen molar-refractivity contribution in [2.24, 2.45) is 0 Å². The van der Waals surface area contributed by atoms with Gasteiger partial charge in [0.05, 0.1) is 10.9 Å². The number of carbonyl (C=O) groups is 2. The van der Waals surface area contributed by atoms with Gasteiger partial charge in [-0.05, 0) is 31.2 Å². The minimum absolute atomic E-state index is 0.357. The number of nitrogens with zero attached hydrogens (tertiary/aromatic N) is 1. The summed E-state index contributed by atoms with van der Waals surface area (Å²) in [6.45, 7) is 2.83. The molecule has 1 aromatic heterocycles. The normalized spacial score (nSPS) is 10.1. The van der Waals surface area contributed by atoms with Gasteiger partial charge in [-0.3, -0.25) is 10.2 Å². The summed E-state index contributed by atoms with van der Waals surface area (Å²) in [4.78, 5) is 26.5. The molecule has 0 unspecified atom stereocenters. The molecule has 0 saturated carbocycles. The highest BCUT2D eigenvalue weighted by molar-refractivity contribution is 7.16. The summed E-state index contributed by atoms with van der Waals surface area (Å²) >= 11 is 7.31. The van der Waals surface area contributed by atoms with Gasteiger partial charge in [0.25, 0.3) is 5.91 Å². The molecule has 116 valence electrons. The average molecular weight is 338 g/mol. The van der Waals surface area contributed by atoms with Crippen molar-refractivity contribution >= 4 is 34.9 Å². The van der Waals surface area contributed by atoms with Gasteiger partial charge in [0.15, 0.2) is 0 Å². The molecule has 2 aromatic rings. The van der Waals surface area contributed by atoms with Gasteiger partial charge in [-0.25, -0.2) is 10.2 Å². The highest BCUT2D eigenvalue weighted by atomic mass is 35.5. The van der Waals surface area contributed by atoms with Gasteiger partial charge in [-0.2, -0.15) is 0 Å². The Morgan fingerprint density at radius 1 is 1.14 bits per heavy atom. The Hall–Kier alpha value is -2.05. The Morgan fingerprint density at radius 2 is 1.86 bits per heavy atom. The fraction of sp³-hybridized carbons (Fsp3) is 0.200. The largest absolute Gasteiger partial charge is 0.336 e. The molecule has 3 amide bonds. The van der Waals surface area contributed by atoms with Crippen LogP contribution in [0.1, 0.15) is 22.2 Å². The topological polar surface area (TPSA) is 61.4 Å². The van der Waals surface area contributed by atoms with E-state index in [1.54, 1.807) is 35.2 Å². The molecule has 1 aromatic carbocycles. The first kappa shape index (κ1) is 16.3. The second-order valence-corrected chi connectivity index (χ2v) is 6.27. The molecule has 22 heavy (non-hydrogen) atoms. The smallest absolute Gasteiger partial charge is 0.319 e. The van der Waals surface area contributed by atoms with Crippen molar-refractivity contribution < 1.29 is 9.59 Å². The van der Waals surface area contributed by atoms with E-state index in [1.165, 1.54) is 11.3 Å². The quantitative estimate of drug-likeness (QED) is 0.841. The number of hydrogen-bond acceptors (Lipinski definition) is 3. The van der Waals surface area contributed by atoms with Crippen molar-refractivity contribution in [3.8, 4) is 0 Å². The van der Waals surface area contributed by atoms with E-state index in [9.17, 15) is 9.59 Å². The summed E-state index contributed by atoms with van der Waals surface area (Å²) < 4.78 is 0.684. The van der Waals surface area contributed by atoms with Crippen LogP contribution in [0.4, 0.5) is 4.79 Å². The molecule has 0 aliphatic heterocycles. The third-order valence-corrected chi connectivity index (χ3v) is 4.18. The van der Waals surface area contributed by atoms with Gasteiger partial charge in [0.2, 0.25) is 0 Å². The van der Waals surface area contributed by atoms with Crippen LogP contribution in [-0.2, 0) is 6.54 Å².